The van der Waals surface area contributed by atoms with Gasteiger partial charge in [-0.05, 0) is 131 Å². The number of nitrogens with one attached hydrogen (secondary N) is 1. The lowest BCUT2D eigenvalue weighted by Gasteiger charge is -2.35. The number of carbonyl (C=O) groups excluding carboxylic acids is 3. The number of carbonyl (C=O) groups is 3. The molecule has 4 bridgehead atoms. The Morgan fingerprint density at radius 3 is 1.59 bits per heavy atom. The van der Waals surface area contributed by atoms with Crippen molar-refractivity contribution < 1.29 is 28.6 Å². The molecule has 14 nitrogen and oxygen atoms in total. The normalized spacial score (nSPS) is 19.6. The number of anilines is 2. The van der Waals surface area contributed by atoms with Crippen molar-refractivity contribution in [3.63, 3.8) is 0 Å². The zero-order valence-electron chi connectivity index (χ0n) is 42.1. The maximum atomic E-state index is 12.8. The Labute approximate surface area is 413 Å². The Hall–Kier alpha value is -6.67. The zero-order chi connectivity index (χ0) is 49.7. The Balaban J connectivity index is 0.000000196. The first-order valence-corrected chi connectivity index (χ1v) is 24.6. The number of likely N-dealkylation sites (tertiary alicyclic amines) is 2. The van der Waals surface area contributed by atoms with Crippen molar-refractivity contribution in [1.29, 1.82) is 0 Å². The largest absolute Gasteiger partial charge is 0.445 e. The first-order chi connectivity index (χ1) is 33.4. The van der Waals surface area contributed by atoms with Crippen LogP contribution in [-0.2, 0) is 33.9 Å². The summed E-state index contributed by atoms with van der Waals surface area (Å²) in [7, 11) is 0. The van der Waals surface area contributed by atoms with Gasteiger partial charge in [0.1, 0.15) is 17.8 Å². The van der Waals surface area contributed by atoms with E-state index in [1.807, 2.05) is 113 Å². The number of piperidine rings is 2. The van der Waals surface area contributed by atoms with Crippen molar-refractivity contribution in [2.24, 2.45) is 17.6 Å². The quantitative estimate of drug-likeness (QED) is 0.136. The number of hydrogen-bond donors (Lipinski definition) is 2. The number of aromatic nitrogens is 2. The molecule has 3 N–H and O–H groups in total. The van der Waals surface area contributed by atoms with E-state index in [-0.39, 0.29) is 30.9 Å². The van der Waals surface area contributed by atoms with Crippen LogP contribution in [0.25, 0.3) is 22.3 Å². The summed E-state index contributed by atoms with van der Waals surface area (Å²) in [6, 6.07) is 26.8. The predicted molar refractivity (Wildman–Crippen MR) is 274 cm³/mol. The molecule has 0 saturated carbocycles. The molecule has 3 aromatic carbocycles. The van der Waals surface area contributed by atoms with E-state index in [9.17, 15) is 14.4 Å². The Bertz CT molecular complexity index is 2650. The molecule has 4 unspecified atom stereocenters. The first-order valence-electron chi connectivity index (χ1n) is 24.6. The number of fused-ring (bicyclic) bond motifs is 4. The van der Waals surface area contributed by atoms with E-state index in [1.165, 1.54) is 22.3 Å². The van der Waals surface area contributed by atoms with Crippen LogP contribution in [0.15, 0.2) is 104 Å². The number of nitrogens with two attached hydrogens (primary N) is 1. The van der Waals surface area contributed by atoms with Gasteiger partial charge in [-0.2, -0.15) is 0 Å². The molecule has 9 rings (SSSR count). The molecule has 70 heavy (non-hydrogen) atoms. The van der Waals surface area contributed by atoms with Gasteiger partial charge in [0, 0.05) is 75.9 Å². The van der Waals surface area contributed by atoms with Gasteiger partial charge in [-0.25, -0.2) is 14.4 Å². The second-order valence-electron chi connectivity index (χ2n) is 21.3. The minimum absolute atomic E-state index is 0.124. The van der Waals surface area contributed by atoms with Crippen LogP contribution in [0, 0.1) is 25.7 Å². The number of hydrogen-bond acceptors (Lipinski definition) is 11. The van der Waals surface area contributed by atoms with Crippen LogP contribution in [0.2, 0.25) is 0 Å². The monoisotopic (exact) mass is 951 g/mol. The molecular formula is C56H70N8O6. The number of amides is 3. The van der Waals surface area contributed by atoms with Crippen LogP contribution in [0.4, 0.5) is 25.8 Å². The maximum Gasteiger partial charge on any atom is 0.410 e. The highest BCUT2D eigenvalue weighted by atomic mass is 16.6. The van der Waals surface area contributed by atoms with Crippen LogP contribution >= 0.6 is 0 Å². The lowest BCUT2D eigenvalue weighted by Crippen LogP contribution is -2.45. The molecule has 4 fully saturated rings. The van der Waals surface area contributed by atoms with Gasteiger partial charge in [0.25, 0.3) is 0 Å². The number of ether oxygens (including phenoxy) is 3. The molecule has 0 aliphatic carbocycles. The Morgan fingerprint density at radius 1 is 0.643 bits per heavy atom. The third-order valence-electron chi connectivity index (χ3n) is 13.5. The molecule has 3 amide bonds. The fraction of sp³-hybridized carbons (Fsp3) is 0.446. The minimum Gasteiger partial charge on any atom is -0.445 e. The molecule has 4 aliphatic heterocycles. The molecule has 6 heterocycles. The molecule has 5 aromatic rings. The molecular weight excluding hydrogens is 881 g/mol. The van der Waals surface area contributed by atoms with E-state index < -0.39 is 17.3 Å². The molecule has 0 radical (unpaired) electrons. The zero-order valence-corrected chi connectivity index (χ0v) is 42.1. The molecule has 4 aliphatic rings. The van der Waals surface area contributed by atoms with Gasteiger partial charge in [0.2, 0.25) is 0 Å². The van der Waals surface area contributed by atoms with Gasteiger partial charge in [-0.15, -0.1) is 0 Å². The van der Waals surface area contributed by atoms with E-state index >= 15 is 0 Å². The number of nitrogens with zero attached hydrogens (tertiary/aromatic N) is 6. The lowest BCUT2D eigenvalue weighted by molar-refractivity contribution is 0.0222. The summed E-state index contributed by atoms with van der Waals surface area (Å²) < 4.78 is 16.7. The Morgan fingerprint density at radius 2 is 1.13 bits per heavy atom. The highest BCUT2D eigenvalue weighted by Crippen LogP contribution is 2.40. The lowest BCUT2D eigenvalue weighted by atomic mass is 9.96. The number of benzene rings is 3. The molecule has 0 spiro atoms. The minimum atomic E-state index is -0.508. The van der Waals surface area contributed by atoms with Crippen LogP contribution < -0.4 is 20.9 Å². The Kier molecular flexibility index (Phi) is 15.0. The highest BCUT2D eigenvalue weighted by Gasteiger charge is 2.44. The maximum absolute atomic E-state index is 12.8. The third-order valence-corrected chi connectivity index (χ3v) is 13.5. The third kappa shape index (κ3) is 12.2. The first kappa shape index (κ1) is 49.7. The van der Waals surface area contributed by atoms with Gasteiger partial charge in [0.15, 0.2) is 0 Å². The second kappa shape index (κ2) is 21.1. The van der Waals surface area contributed by atoms with Crippen LogP contribution in [0.5, 0.6) is 0 Å². The van der Waals surface area contributed by atoms with E-state index in [0.717, 1.165) is 91.3 Å². The number of rotatable bonds is 9. The van der Waals surface area contributed by atoms with Gasteiger partial charge >= 0.3 is 18.3 Å². The van der Waals surface area contributed by atoms with Crippen LogP contribution in [0.3, 0.4) is 0 Å². The molecule has 4 saturated heterocycles. The van der Waals surface area contributed by atoms with Crippen molar-refractivity contribution >= 4 is 29.7 Å². The number of alkyl carbamates (subject to hydrolysis) is 1. The molecule has 4 atom stereocenters. The van der Waals surface area contributed by atoms with E-state index in [1.54, 1.807) is 0 Å². The fourth-order valence-corrected chi connectivity index (χ4v) is 10.3. The van der Waals surface area contributed by atoms with E-state index in [0.29, 0.717) is 24.9 Å². The smallest absolute Gasteiger partial charge is 0.410 e. The average molecular weight is 951 g/mol. The summed E-state index contributed by atoms with van der Waals surface area (Å²) in [4.78, 5) is 55.2. The predicted octanol–water partition coefficient (Wildman–Crippen LogP) is 9.89. The van der Waals surface area contributed by atoms with Crippen molar-refractivity contribution in [2.75, 3.05) is 49.1 Å². The number of pyridine rings is 2. The summed E-state index contributed by atoms with van der Waals surface area (Å²) in [5.74, 6) is 0.849. The van der Waals surface area contributed by atoms with E-state index in [4.69, 9.17) is 19.9 Å². The molecule has 370 valence electrons. The van der Waals surface area contributed by atoms with Crippen LogP contribution in [-0.4, -0.2) is 101 Å². The highest BCUT2D eigenvalue weighted by molar-refractivity contribution is 5.80. The molecule has 14 heteroatoms. The van der Waals surface area contributed by atoms with Crippen molar-refractivity contribution in [1.82, 2.24) is 25.1 Å². The van der Waals surface area contributed by atoms with Gasteiger partial charge < -0.3 is 44.9 Å². The van der Waals surface area contributed by atoms with Crippen LogP contribution in [0.1, 0.15) is 82.2 Å². The summed E-state index contributed by atoms with van der Waals surface area (Å²) in [6.45, 7) is 21.6. The van der Waals surface area contributed by atoms with Crippen molar-refractivity contribution in [2.45, 2.75) is 111 Å². The summed E-state index contributed by atoms with van der Waals surface area (Å²) in [5, 5.41) is 2.85. The van der Waals surface area contributed by atoms with E-state index in [2.05, 4.69) is 81.4 Å². The van der Waals surface area contributed by atoms with Crippen molar-refractivity contribution in [3.05, 3.63) is 131 Å². The van der Waals surface area contributed by atoms with Gasteiger partial charge in [0.05, 0.1) is 35.9 Å². The average Bonchev–Trinajstić information content (AvgIpc) is 3.81. The molecule has 2 aromatic heterocycles. The van der Waals surface area contributed by atoms with Gasteiger partial charge in [-0.1, -0.05) is 66.7 Å². The fourth-order valence-electron chi connectivity index (χ4n) is 10.3. The standard InChI is InChI=1S/C32H38N4O4.C24H32N4O2/c1-22-14-25(10-11-26(22)16-34-30(37)39-21-23-8-6-5-7-9-23)28-12-13-33-17-29(28)35-18-24-15-27(20-35)36(19-24)31(38)40-32(2,3)4;1-16-9-18(5-6-19(16)11-25)21-7-8-26-12-22(21)27-13-17-10-20(15-27)28(14-17)23(29)30-24(2,3)4/h5-14,17,24,27H,15-16,18-21H2,1-4H3,(H,34,37);5-9,12,17,20H,10-11,13-15,25H2,1-4H3. The number of aryl methyl sites for hydroxylation is 2. The second-order valence-corrected chi connectivity index (χ2v) is 21.3. The summed E-state index contributed by atoms with van der Waals surface area (Å²) in [5.41, 5.74) is 17.0. The van der Waals surface area contributed by atoms with Gasteiger partial charge in [-0.3, -0.25) is 9.97 Å². The summed E-state index contributed by atoms with van der Waals surface area (Å²) >= 11 is 0. The van der Waals surface area contributed by atoms with Crippen molar-refractivity contribution in [3.8, 4) is 22.3 Å². The SMILES string of the molecule is Cc1cc(-c2ccncc2N2CC3CC(C2)N(C(=O)OC(C)(C)C)C3)ccc1CN.Cc1cc(-c2ccncc2N2CC3CC(C2)N(C(=O)OC(C)(C)C)C3)ccc1CNC(=O)OCc1ccccc1. The summed E-state index contributed by atoms with van der Waals surface area (Å²) in [6.07, 6.45) is 8.71. The topological polar surface area (TPSA) is 156 Å².